The second-order valence-corrected chi connectivity index (χ2v) is 8.43. The lowest BCUT2D eigenvalue weighted by molar-refractivity contribution is -0.115. The molecule has 0 aromatic heterocycles. The van der Waals surface area contributed by atoms with Crippen molar-refractivity contribution in [3.05, 3.63) is 35.9 Å². The van der Waals surface area contributed by atoms with Crippen LogP contribution in [0.25, 0.3) is 6.08 Å². The normalized spacial score (nSPS) is 31.8. The second-order valence-electron chi connectivity index (χ2n) is 8.03. The van der Waals surface area contributed by atoms with Crippen molar-refractivity contribution < 1.29 is 9.53 Å². The van der Waals surface area contributed by atoms with Gasteiger partial charge in [-0.05, 0) is 91.8 Å². The number of hydrogen-bond donors (Lipinski definition) is 2. The lowest BCUT2D eigenvalue weighted by atomic mass is 9.54. The molecule has 1 amide bonds. The maximum absolute atomic E-state index is 12.1. The summed E-state index contributed by atoms with van der Waals surface area (Å²) in [4.78, 5) is 12.1. The van der Waals surface area contributed by atoms with Crippen LogP contribution in [-0.4, -0.2) is 24.2 Å². The van der Waals surface area contributed by atoms with Gasteiger partial charge in [-0.15, -0.1) is 0 Å². The van der Waals surface area contributed by atoms with Gasteiger partial charge in [0.25, 0.3) is 0 Å². The molecule has 5 rings (SSSR count). The summed E-state index contributed by atoms with van der Waals surface area (Å²) < 4.78 is 5.13. The fourth-order valence-corrected chi connectivity index (χ4v) is 5.63. The fraction of sp³-hybridized carbons (Fsp3) is 0.524. The minimum atomic E-state index is -0.192. The zero-order valence-corrected chi connectivity index (χ0v) is 15.9. The molecule has 0 radical (unpaired) electrons. The number of amides is 1. The van der Waals surface area contributed by atoms with E-state index < -0.39 is 0 Å². The highest BCUT2D eigenvalue weighted by Gasteiger charge is 2.48. The number of carbonyl (C=O) groups is 1. The first-order valence-corrected chi connectivity index (χ1v) is 9.95. The zero-order valence-electron chi connectivity index (χ0n) is 15.1. The Hall–Kier alpha value is -1.88. The van der Waals surface area contributed by atoms with Gasteiger partial charge in [-0.2, -0.15) is 0 Å². The second kappa shape index (κ2) is 7.39. The number of nitrogens with one attached hydrogen (secondary N) is 2. The summed E-state index contributed by atoms with van der Waals surface area (Å²) >= 11 is 5.40. The third kappa shape index (κ3) is 3.78. The Kier molecular flexibility index (Phi) is 4.98. The van der Waals surface area contributed by atoms with E-state index in [-0.39, 0.29) is 5.91 Å². The van der Waals surface area contributed by atoms with Crippen LogP contribution < -0.4 is 15.4 Å². The van der Waals surface area contributed by atoms with Gasteiger partial charge >= 0.3 is 0 Å². The minimum Gasteiger partial charge on any atom is -0.497 e. The highest BCUT2D eigenvalue weighted by molar-refractivity contribution is 7.80. The van der Waals surface area contributed by atoms with Crippen molar-refractivity contribution in [3.63, 3.8) is 0 Å². The van der Waals surface area contributed by atoms with Crippen LogP contribution in [0.5, 0.6) is 5.75 Å². The zero-order chi connectivity index (χ0) is 18.1. The third-order valence-electron chi connectivity index (χ3n) is 6.30. The highest BCUT2D eigenvalue weighted by atomic mass is 32.1. The van der Waals surface area contributed by atoms with Crippen molar-refractivity contribution in [2.75, 3.05) is 7.11 Å². The van der Waals surface area contributed by atoms with Crippen molar-refractivity contribution in [3.8, 4) is 5.75 Å². The number of carbonyl (C=O) groups excluding carboxylic acids is 1. The van der Waals surface area contributed by atoms with Gasteiger partial charge in [0, 0.05) is 12.1 Å². The van der Waals surface area contributed by atoms with Crippen LogP contribution >= 0.6 is 12.2 Å². The summed E-state index contributed by atoms with van der Waals surface area (Å²) in [6.45, 7) is 0. The van der Waals surface area contributed by atoms with Crippen molar-refractivity contribution in [2.24, 2.45) is 23.7 Å². The van der Waals surface area contributed by atoms with Crippen molar-refractivity contribution in [1.29, 1.82) is 0 Å². The lowest BCUT2D eigenvalue weighted by Gasteiger charge is -2.54. The predicted molar refractivity (Wildman–Crippen MR) is 107 cm³/mol. The van der Waals surface area contributed by atoms with Crippen LogP contribution in [0.4, 0.5) is 0 Å². The lowest BCUT2D eigenvalue weighted by Crippen LogP contribution is -2.57. The molecule has 2 N–H and O–H groups in total. The Morgan fingerprint density at radius 3 is 2.27 bits per heavy atom. The van der Waals surface area contributed by atoms with E-state index in [2.05, 4.69) is 10.6 Å². The Morgan fingerprint density at radius 1 is 1.08 bits per heavy atom. The molecule has 0 atom stereocenters. The monoisotopic (exact) mass is 370 g/mol. The SMILES string of the molecule is COc1ccc(/C=C/C(=O)NC(=S)NC2C3CC4CC(C3)CC2C4)cc1. The first kappa shape index (κ1) is 17.5. The summed E-state index contributed by atoms with van der Waals surface area (Å²) in [5.41, 5.74) is 0.945. The van der Waals surface area contributed by atoms with Gasteiger partial charge < -0.3 is 10.1 Å². The third-order valence-corrected chi connectivity index (χ3v) is 6.52. The van der Waals surface area contributed by atoms with E-state index in [9.17, 15) is 4.79 Å². The number of rotatable bonds is 4. The van der Waals surface area contributed by atoms with Gasteiger partial charge in [0.05, 0.1) is 7.11 Å². The van der Waals surface area contributed by atoms with E-state index in [0.29, 0.717) is 11.2 Å². The molecule has 5 heteroatoms. The van der Waals surface area contributed by atoms with E-state index in [4.69, 9.17) is 17.0 Å². The van der Waals surface area contributed by atoms with Gasteiger partial charge in [0.1, 0.15) is 5.75 Å². The molecule has 4 aliphatic rings. The van der Waals surface area contributed by atoms with Crippen LogP contribution in [0.2, 0.25) is 0 Å². The van der Waals surface area contributed by atoms with Gasteiger partial charge in [0.2, 0.25) is 5.91 Å². The van der Waals surface area contributed by atoms with Crippen molar-refractivity contribution in [2.45, 2.75) is 38.1 Å². The number of hydrogen-bond acceptors (Lipinski definition) is 3. The summed E-state index contributed by atoms with van der Waals surface area (Å²) in [5.74, 6) is 3.94. The largest absolute Gasteiger partial charge is 0.497 e. The number of thiocarbonyl (C=S) groups is 1. The van der Waals surface area contributed by atoms with E-state index in [1.165, 1.54) is 38.2 Å². The van der Waals surface area contributed by atoms with E-state index >= 15 is 0 Å². The van der Waals surface area contributed by atoms with Crippen molar-refractivity contribution in [1.82, 2.24) is 10.6 Å². The average molecular weight is 371 g/mol. The molecule has 0 saturated heterocycles. The molecule has 0 unspecified atom stereocenters. The highest BCUT2D eigenvalue weighted by Crippen LogP contribution is 2.53. The first-order valence-electron chi connectivity index (χ1n) is 9.54. The molecule has 4 fully saturated rings. The Morgan fingerprint density at radius 2 is 1.69 bits per heavy atom. The standard InChI is InChI=1S/C21H26N2O2S/c1-25-18-5-2-13(3-6-18)4-7-19(24)22-21(26)23-20-16-9-14-8-15(11-16)12-17(20)10-14/h2-7,14-17,20H,8-12H2,1H3,(H2,22,23,24,26)/b7-4+. The quantitative estimate of drug-likeness (QED) is 0.629. The van der Waals surface area contributed by atoms with Gasteiger partial charge in [-0.25, -0.2) is 0 Å². The Bertz CT molecular complexity index is 685. The maximum atomic E-state index is 12.1. The van der Waals surface area contributed by atoms with Crippen molar-refractivity contribution >= 4 is 29.3 Å². The summed E-state index contributed by atoms with van der Waals surface area (Å²) in [6, 6.07) is 8.01. The molecule has 4 saturated carbocycles. The average Bonchev–Trinajstić information content (AvgIpc) is 2.63. The van der Waals surface area contributed by atoms with Crippen LogP contribution in [0.3, 0.4) is 0 Å². The van der Waals surface area contributed by atoms with Crippen LogP contribution in [0.15, 0.2) is 30.3 Å². The molecule has 4 bridgehead atoms. The molecule has 1 aromatic carbocycles. The number of benzene rings is 1. The molecule has 0 heterocycles. The predicted octanol–water partition coefficient (Wildman–Crippen LogP) is 3.52. The summed E-state index contributed by atoms with van der Waals surface area (Å²) in [5, 5.41) is 6.72. The smallest absolute Gasteiger partial charge is 0.250 e. The number of methoxy groups -OCH3 is 1. The first-order chi connectivity index (χ1) is 12.6. The molecular formula is C21H26N2O2S. The van der Waals surface area contributed by atoms with E-state index in [1.807, 2.05) is 24.3 Å². The molecule has 0 aliphatic heterocycles. The minimum absolute atomic E-state index is 0.192. The molecule has 1 aromatic rings. The Balaban J connectivity index is 1.29. The maximum Gasteiger partial charge on any atom is 0.250 e. The topological polar surface area (TPSA) is 50.4 Å². The molecule has 4 nitrogen and oxygen atoms in total. The summed E-state index contributed by atoms with van der Waals surface area (Å²) in [7, 11) is 1.63. The van der Waals surface area contributed by atoms with Gasteiger partial charge in [-0.3, -0.25) is 10.1 Å². The molecular weight excluding hydrogens is 344 g/mol. The van der Waals surface area contributed by atoms with Gasteiger partial charge in [0.15, 0.2) is 5.11 Å². The number of ether oxygens (including phenoxy) is 1. The summed E-state index contributed by atoms with van der Waals surface area (Å²) in [6.07, 6.45) is 10.1. The molecule has 138 valence electrons. The van der Waals surface area contributed by atoms with Crippen LogP contribution in [0, 0.1) is 23.7 Å². The van der Waals surface area contributed by atoms with E-state index in [1.54, 1.807) is 13.2 Å². The van der Waals surface area contributed by atoms with Crippen LogP contribution in [0.1, 0.15) is 37.7 Å². The Labute approximate surface area is 160 Å². The van der Waals surface area contributed by atoms with E-state index in [0.717, 1.165) is 35.0 Å². The van der Waals surface area contributed by atoms with Crippen LogP contribution in [-0.2, 0) is 4.79 Å². The van der Waals surface area contributed by atoms with Gasteiger partial charge in [-0.1, -0.05) is 12.1 Å². The molecule has 26 heavy (non-hydrogen) atoms. The fourth-order valence-electron chi connectivity index (χ4n) is 5.39. The molecule has 0 spiro atoms. The molecule has 4 aliphatic carbocycles.